The van der Waals surface area contributed by atoms with Crippen LogP contribution < -0.4 is 0 Å². The molecular weight excluding hydrogens is 238 g/mol. The highest BCUT2D eigenvalue weighted by Gasteiger charge is 2.46. The smallest absolute Gasteiger partial charge is 0.268 e. The van der Waals surface area contributed by atoms with Gasteiger partial charge in [0.15, 0.2) is 0 Å². The third-order valence-electron chi connectivity index (χ3n) is 2.43. The molecule has 4 nitrogen and oxygen atoms in total. The van der Waals surface area contributed by atoms with Crippen LogP contribution in [0.15, 0.2) is 29.2 Å². The molecule has 0 fully saturated rings. The molecule has 2 rings (SSSR count). The second-order valence-electron chi connectivity index (χ2n) is 4.74. The number of nitrogens with zero attached hydrogens (tertiary/aromatic N) is 1. The molecule has 0 radical (unpaired) electrons. The third kappa shape index (κ3) is 1.84. The van der Waals surface area contributed by atoms with E-state index in [1.54, 1.807) is 39.0 Å². The van der Waals surface area contributed by atoms with Crippen LogP contribution in [0.1, 0.15) is 38.6 Å². The predicted molar refractivity (Wildman–Crippen MR) is 66.3 cm³/mol. The first-order chi connectivity index (χ1) is 7.26. The van der Waals surface area contributed by atoms with Gasteiger partial charge in [-0.15, -0.1) is 0 Å². The Balaban J connectivity index is 0.00000144. The molecule has 5 heteroatoms. The summed E-state index contributed by atoms with van der Waals surface area (Å²) in [4.78, 5) is 12.1. The highest BCUT2D eigenvalue weighted by Crippen LogP contribution is 2.35. The van der Waals surface area contributed by atoms with Crippen LogP contribution in [0.5, 0.6) is 0 Å². The molecule has 1 aromatic carbocycles. The number of carbonyl (C=O) groups excluding carboxylic acids is 1. The summed E-state index contributed by atoms with van der Waals surface area (Å²) in [6.07, 6.45) is 0. The summed E-state index contributed by atoms with van der Waals surface area (Å²) in [5.74, 6) is -0.442. The van der Waals surface area contributed by atoms with Crippen molar-refractivity contribution in [3.8, 4) is 0 Å². The summed E-state index contributed by atoms with van der Waals surface area (Å²) in [5.41, 5.74) is -0.480. The minimum atomic E-state index is -3.67. The first kappa shape index (κ1) is 13.7. The van der Waals surface area contributed by atoms with Crippen LogP contribution in [0.2, 0.25) is 0 Å². The zero-order valence-corrected chi connectivity index (χ0v) is 10.2. The Labute approximate surface area is 102 Å². The van der Waals surface area contributed by atoms with Crippen molar-refractivity contribution in [2.45, 2.75) is 38.6 Å². The van der Waals surface area contributed by atoms with E-state index in [4.69, 9.17) is 0 Å². The molecule has 1 amide bonds. The maximum atomic E-state index is 12.1. The second kappa shape index (κ2) is 3.84. The summed E-state index contributed by atoms with van der Waals surface area (Å²) < 4.78 is 25.2. The van der Waals surface area contributed by atoms with E-state index in [2.05, 4.69) is 0 Å². The number of benzene rings is 1. The summed E-state index contributed by atoms with van der Waals surface area (Å²) in [6.45, 7) is 5.11. The van der Waals surface area contributed by atoms with E-state index in [-0.39, 0.29) is 17.9 Å². The van der Waals surface area contributed by atoms with Gasteiger partial charge in [-0.05, 0) is 32.9 Å². The van der Waals surface area contributed by atoms with Crippen LogP contribution >= 0.6 is 0 Å². The standard InChI is InChI=1S/C11H13NO3S.CH4/c1-11(2,3)12-10(13)8-6-4-5-7-9(8)16(12,14)15;/h4-7H,1-3H3;1H4. The summed E-state index contributed by atoms with van der Waals surface area (Å²) >= 11 is 0. The Morgan fingerprint density at radius 1 is 1.12 bits per heavy atom. The maximum absolute atomic E-state index is 12.1. The molecule has 0 saturated carbocycles. The minimum Gasteiger partial charge on any atom is -0.268 e. The zero-order valence-electron chi connectivity index (χ0n) is 9.39. The molecule has 0 saturated heterocycles. The molecule has 1 heterocycles. The van der Waals surface area contributed by atoms with E-state index in [1.165, 1.54) is 6.07 Å². The maximum Gasteiger partial charge on any atom is 0.269 e. The van der Waals surface area contributed by atoms with Crippen molar-refractivity contribution in [1.82, 2.24) is 4.31 Å². The molecule has 94 valence electrons. The molecule has 17 heavy (non-hydrogen) atoms. The average molecular weight is 255 g/mol. The van der Waals surface area contributed by atoms with Crippen molar-refractivity contribution in [3.63, 3.8) is 0 Å². The lowest BCUT2D eigenvalue weighted by Crippen LogP contribution is -2.45. The SMILES string of the molecule is C.CC(C)(C)N1C(=O)c2ccccc2S1(=O)=O. The number of sulfonamides is 1. The van der Waals surface area contributed by atoms with Crippen molar-refractivity contribution in [1.29, 1.82) is 0 Å². The first-order valence-corrected chi connectivity index (χ1v) is 6.39. The molecular formula is C12H17NO3S. The normalized spacial score (nSPS) is 17.6. The van der Waals surface area contributed by atoms with Gasteiger partial charge in [0.05, 0.1) is 11.1 Å². The van der Waals surface area contributed by atoms with Gasteiger partial charge >= 0.3 is 0 Å². The highest BCUT2D eigenvalue weighted by atomic mass is 32.2. The lowest BCUT2D eigenvalue weighted by atomic mass is 10.1. The van der Waals surface area contributed by atoms with Gasteiger partial charge in [-0.2, -0.15) is 0 Å². The summed E-state index contributed by atoms with van der Waals surface area (Å²) in [5, 5.41) is 0. The van der Waals surface area contributed by atoms with Gasteiger partial charge in [0.25, 0.3) is 15.9 Å². The average Bonchev–Trinajstić information content (AvgIpc) is 2.34. The van der Waals surface area contributed by atoms with Crippen LogP contribution in [0, 0.1) is 0 Å². The van der Waals surface area contributed by atoms with Crippen LogP contribution in [-0.4, -0.2) is 24.2 Å². The Bertz CT molecular complexity index is 555. The molecule has 1 aliphatic heterocycles. The van der Waals surface area contributed by atoms with Crippen molar-refractivity contribution in [2.75, 3.05) is 0 Å². The van der Waals surface area contributed by atoms with Gasteiger partial charge in [0.2, 0.25) is 0 Å². The fourth-order valence-electron chi connectivity index (χ4n) is 1.85. The topological polar surface area (TPSA) is 54.5 Å². The molecule has 1 aromatic rings. The fraction of sp³-hybridized carbons (Fsp3) is 0.417. The Morgan fingerprint density at radius 3 is 2.12 bits per heavy atom. The molecule has 0 atom stereocenters. The number of hydrogen-bond acceptors (Lipinski definition) is 3. The van der Waals surface area contributed by atoms with E-state index in [1.807, 2.05) is 0 Å². The largest absolute Gasteiger partial charge is 0.269 e. The monoisotopic (exact) mass is 255 g/mol. The van der Waals surface area contributed by atoms with E-state index in [9.17, 15) is 13.2 Å². The summed E-state index contributed by atoms with van der Waals surface area (Å²) in [7, 11) is -3.67. The number of rotatable bonds is 0. The summed E-state index contributed by atoms with van der Waals surface area (Å²) in [6, 6.07) is 6.30. The molecule has 0 N–H and O–H groups in total. The number of hydrogen-bond donors (Lipinski definition) is 0. The van der Waals surface area contributed by atoms with Gasteiger partial charge in [0, 0.05) is 0 Å². The second-order valence-corrected chi connectivity index (χ2v) is 6.50. The Kier molecular flexibility index (Phi) is 3.09. The van der Waals surface area contributed by atoms with E-state index in [0.717, 1.165) is 4.31 Å². The molecule has 0 spiro atoms. The number of amides is 1. The molecule has 0 unspecified atom stereocenters. The van der Waals surface area contributed by atoms with Crippen LogP contribution in [0.25, 0.3) is 0 Å². The van der Waals surface area contributed by atoms with E-state index in [0.29, 0.717) is 0 Å². The van der Waals surface area contributed by atoms with Crippen molar-refractivity contribution in [2.24, 2.45) is 0 Å². The first-order valence-electron chi connectivity index (χ1n) is 4.95. The lowest BCUT2D eigenvalue weighted by Gasteiger charge is -2.29. The molecule has 0 bridgehead atoms. The Morgan fingerprint density at radius 2 is 1.65 bits per heavy atom. The van der Waals surface area contributed by atoms with Gasteiger partial charge < -0.3 is 0 Å². The van der Waals surface area contributed by atoms with Gasteiger partial charge in [-0.1, -0.05) is 19.6 Å². The van der Waals surface area contributed by atoms with Gasteiger partial charge in [-0.25, -0.2) is 12.7 Å². The van der Waals surface area contributed by atoms with E-state index < -0.39 is 21.5 Å². The molecule has 1 aliphatic rings. The highest BCUT2D eigenvalue weighted by molar-refractivity contribution is 7.90. The molecule has 0 aromatic heterocycles. The quantitative estimate of drug-likeness (QED) is 0.714. The van der Waals surface area contributed by atoms with E-state index >= 15 is 0 Å². The van der Waals surface area contributed by atoms with Crippen molar-refractivity contribution in [3.05, 3.63) is 29.8 Å². The predicted octanol–water partition coefficient (Wildman–Crippen LogP) is 2.27. The zero-order chi connectivity index (χ0) is 12.1. The van der Waals surface area contributed by atoms with Crippen molar-refractivity contribution >= 4 is 15.9 Å². The number of fused-ring (bicyclic) bond motifs is 1. The third-order valence-corrected chi connectivity index (χ3v) is 4.54. The molecule has 0 aliphatic carbocycles. The van der Waals surface area contributed by atoms with Gasteiger partial charge in [0.1, 0.15) is 4.90 Å². The number of carbonyl (C=O) groups is 1. The van der Waals surface area contributed by atoms with Crippen molar-refractivity contribution < 1.29 is 13.2 Å². The Hall–Kier alpha value is -1.36. The van der Waals surface area contributed by atoms with Crippen LogP contribution in [0.3, 0.4) is 0 Å². The van der Waals surface area contributed by atoms with Gasteiger partial charge in [-0.3, -0.25) is 4.79 Å². The van der Waals surface area contributed by atoms with Crippen LogP contribution in [-0.2, 0) is 10.0 Å². The lowest BCUT2D eigenvalue weighted by molar-refractivity contribution is 0.0788. The van der Waals surface area contributed by atoms with Crippen LogP contribution in [0.4, 0.5) is 0 Å². The fourth-order valence-corrected chi connectivity index (χ4v) is 3.77. The minimum absolute atomic E-state index is 0.